The summed E-state index contributed by atoms with van der Waals surface area (Å²) in [6.45, 7) is 3.83. The van der Waals surface area contributed by atoms with Gasteiger partial charge in [-0.05, 0) is 13.3 Å². The van der Waals surface area contributed by atoms with Crippen molar-refractivity contribution < 1.29 is 14.7 Å². The summed E-state index contributed by atoms with van der Waals surface area (Å²) in [7, 11) is 1.51. The van der Waals surface area contributed by atoms with Crippen LogP contribution in [0, 0.1) is 0 Å². The molecule has 0 aromatic carbocycles. The molecule has 0 aliphatic carbocycles. The first-order valence-electron chi connectivity index (χ1n) is 4.00. The van der Waals surface area contributed by atoms with Crippen molar-refractivity contribution in [3.05, 3.63) is 0 Å². The van der Waals surface area contributed by atoms with Gasteiger partial charge in [0.2, 0.25) is 0 Å². The third-order valence-electron chi connectivity index (χ3n) is 1.87. The van der Waals surface area contributed by atoms with Gasteiger partial charge in [0.1, 0.15) is 0 Å². The van der Waals surface area contributed by atoms with Crippen LogP contribution in [0.15, 0.2) is 0 Å². The number of rotatable bonds is 3. The summed E-state index contributed by atoms with van der Waals surface area (Å²) in [4.78, 5) is 22.4. The highest BCUT2D eigenvalue weighted by Gasteiger charge is 2.20. The van der Waals surface area contributed by atoms with Crippen molar-refractivity contribution in [1.29, 1.82) is 0 Å². The van der Waals surface area contributed by atoms with Gasteiger partial charge in [-0.3, -0.25) is 4.79 Å². The van der Waals surface area contributed by atoms with E-state index in [9.17, 15) is 9.59 Å². The lowest BCUT2D eigenvalue weighted by molar-refractivity contribution is -0.156. The molecule has 0 rings (SSSR count). The average Bonchev–Trinajstić information content (AvgIpc) is 2.02. The van der Waals surface area contributed by atoms with Gasteiger partial charge in [0.25, 0.3) is 0 Å². The maximum Gasteiger partial charge on any atom is 0.394 e. The number of likely N-dealkylation sites (N-methyl/N-ethyl adjacent to an activating group) is 1. The average molecular weight is 173 g/mol. The first kappa shape index (κ1) is 10.9. The number of nitrogens with zero attached hydrogens (tertiary/aromatic N) is 1. The zero-order chi connectivity index (χ0) is 9.72. The molecule has 1 amide bonds. The fourth-order valence-electron chi connectivity index (χ4n) is 0.962. The largest absolute Gasteiger partial charge is 0.474 e. The predicted molar refractivity (Wildman–Crippen MR) is 44.8 cm³/mol. The molecule has 1 N–H and O–H groups in total. The van der Waals surface area contributed by atoms with Crippen LogP contribution < -0.4 is 0 Å². The number of carboxylic acid groups (broad SMARTS) is 1. The number of hydrogen-bond acceptors (Lipinski definition) is 2. The lowest BCUT2D eigenvalue weighted by atomic mass is 10.2. The van der Waals surface area contributed by atoms with Crippen molar-refractivity contribution in [2.75, 3.05) is 7.05 Å². The van der Waals surface area contributed by atoms with E-state index in [-0.39, 0.29) is 6.04 Å². The van der Waals surface area contributed by atoms with Crippen molar-refractivity contribution in [1.82, 2.24) is 4.90 Å². The van der Waals surface area contributed by atoms with E-state index in [4.69, 9.17) is 5.11 Å². The molecule has 0 aliphatic heterocycles. The van der Waals surface area contributed by atoms with Gasteiger partial charge in [-0.1, -0.05) is 13.3 Å². The van der Waals surface area contributed by atoms with Gasteiger partial charge >= 0.3 is 11.9 Å². The quantitative estimate of drug-likeness (QED) is 0.640. The molecule has 0 saturated carbocycles. The van der Waals surface area contributed by atoms with E-state index >= 15 is 0 Å². The summed E-state index contributed by atoms with van der Waals surface area (Å²) in [5.41, 5.74) is 0. The SMILES string of the molecule is CCCC(C)N(C)C(=O)C(=O)O. The van der Waals surface area contributed by atoms with E-state index < -0.39 is 11.9 Å². The van der Waals surface area contributed by atoms with Crippen molar-refractivity contribution in [3.63, 3.8) is 0 Å². The zero-order valence-corrected chi connectivity index (χ0v) is 7.70. The number of hydrogen-bond donors (Lipinski definition) is 1. The van der Waals surface area contributed by atoms with Crippen LogP contribution in [-0.4, -0.2) is 35.0 Å². The minimum absolute atomic E-state index is 0.00130. The number of carbonyl (C=O) groups excluding carboxylic acids is 1. The summed E-state index contributed by atoms with van der Waals surface area (Å²) >= 11 is 0. The minimum Gasteiger partial charge on any atom is -0.474 e. The minimum atomic E-state index is -1.39. The van der Waals surface area contributed by atoms with Gasteiger partial charge in [-0.25, -0.2) is 4.79 Å². The summed E-state index contributed by atoms with van der Waals surface area (Å²) in [5.74, 6) is -2.23. The van der Waals surface area contributed by atoms with Crippen molar-refractivity contribution in [2.24, 2.45) is 0 Å². The van der Waals surface area contributed by atoms with E-state index in [0.717, 1.165) is 12.8 Å². The van der Waals surface area contributed by atoms with Gasteiger partial charge < -0.3 is 10.0 Å². The smallest absolute Gasteiger partial charge is 0.394 e. The van der Waals surface area contributed by atoms with Crippen LogP contribution in [0.3, 0.4) is 0 Å². The molecule has 0 radical (unpaired) electrons. The Morgan fingerprint density at radius 1 is 1.50 bits per heavy atom. The van der Waals surface area contributed by atoms with Gasteiger partial charge in [-0.15, -0.1) is 0 Å². The molecular formula is C8H15NO3. The topological polar surface area (TPSA) is 57.6 Å². The Morgan fingerprint density at radius 3 is 2.33 bits per heavy atom. The molecular weight excluding hydrogens is 158 g/mol. The van der Waals surface area contributed by atoms with Crippen LogP contribution >= 0.6 is 0 Å². The van der Waals surface area contributed by atoms with Crippen LogP contribution in [0.5, 0.6) is 0 Å². The molecule has 0 aliphatic rings. The molecule has 0 saturated heterocycles. The lowest BCUT2D eigenvalue weighted by Crippen LogP contribution is -2.39. The second kappa shape index (κ2) is 4.74. The first-order chi connectivity index (χ1) is 5.50. The molecule has 1 unspecified atom stereocenters. The van der Waals surface area contributed by atoms with Crippen LogP contribution in [0.4, 0.5) is 0 Å². The zero-order valence-electron chi connectivity index (χ0n) is 7.70. The van der Waals surface area contributed by atoms with Crippen LogP contribution in [0.1, 0.15) is 26.7 Å². The molecule has 70 valence electrons. The summed E-state index contributed by atoms with van der Waals surface area (Å²) < 4.78 is 0. The standard InChI is InChI=1S/C8H15NO3/c1-4-5-6(2)9(3)7(10)8(11)12/h6H,4-5H2,1-3H3,(H,11,12). The Hall–Kier alpha value is -1.06. The van der Waals surface area contributed by atoms with Crippen molar-refractivity contribution >= 4 is 11.9 Å². The highest BCUT2D eigenvalue weighted by Crippen LogP contribution is 2.03. The van der Waals surface area contributed by atoms with Crippen molar-refractivity contribution in [3.8, 4) is 0 Å². The Balaban J connectivity index is 4.09. The number of carboxylic acids is 1. The molecule has 4 heteroatoms. The number of amides is 1. The monoisotopic (exact) mass is 173 g/mol. The third-order valence-corrected chi connectivity index (χ3v) is 1.87. The fourth-order valence-corrected chi connectivity index (χ4v) is 0.962. The molecule has 0 spiro atoms. The first-order valence-corrected chi connectivity index (χ1v) is 4.00. The van der Waals surface area contributed by atoms with E-state index in [1.54, 1.807) is 0 Å². The highest BCUT2D eigenvalue weighted by atomic mass is 16.4. The Morgan fingerprint density at radius 2 is 2.00 bits per heavy atom. The Bertz CT molecular complexity index is 179. The van der Waals surface area contributed by atoms with E-state index in [2.05, 4.69) is 0 Å². The number of carbonyl (C=O) groups is 2. The fraction of sp³-hybridized carbons (Fsp3) is 0.750. The molecule has 1 atom stereocenters. The van der Waals surface area contributed by atoms with Crippen LogP contribution in [-0.2, 0) is 9.59 Å². The maximum atomic E-state index is 10.9. The molecule has 12 heavy (non-hydrogen) atoms. The molecule has 0 aromatic heterocycles. The second-order valence-corrected chi connectivity index (χ2v) is 2.86. The highest BCUT2D eigenvalue weighted by molar-refractivity contribution is 6.31. The van der Waals surface area contributed by atoms with Gasteiger partial charge in [0, 0.05) is 13.1 Å². The van der Waals surface area contributed by atoms with Gasteiger partial charge in [0.05, 0.1) is 0 Å². The van der Waals surface area contributed by atoms with E-state index in [1.807, 2.05) is 13.8 Å². The van der Waals surface area contributed by atoms with Crippen LogP contribution in [0.25, 0.3) is 0 Å². The van der Waals surface area contributed by atoms with Gasteiger partial charge in [-0.2, -0.15) is 0 Å². The number of aliphatic carboxylic acids is 1. The predicted octanol–water partition coefficient (Wildman–Crippen LogP) is 0.718. The summed E-state index contributed by atoms with van der Waals surface area (Å²) in [6, 6.07) is -0.00130. The second-order valence-electron chi connectivity index (χ2n) is 2.86. The Kier molecular flexibility index (Phi) is 4.33. The van der Waals surface area contributed by atoms with E-state index in [1.165, 1.54) is 11.9 Å². The molecule has 0 fully saturated rings. The summed E-state index contributed by atoms with van der Waals surface area (Å²) in [5, 5.41) is 8.38. The van der Waals surface area contributed by atoms with Crippen LogP contribution in [0.2, 0.25) is 0 Å². The molecule has 0 heterocycles. The maximum absolute atomic E-state index is 10.9. The van der Waals surface area contributed by atoms with E-state index in [0.29, 0.717) is 0 Å². The molecule has 0 aromatic rings. The van der Waals surface area contributed by atoms with Gasteiger partial charge in [0.15, 0.2) is 0 Å². The third kappa shape index (κ3) is 2.90. The normalized spacial score (nSPS) is 12.2. The Labute approximate surface area is 72.2 Å². The van der Waals surface area contributed by atoms with Crippen molar-refractivity contribution in [2.45, 2.75) is 32.7 Å². The molecule has 0 bridgehead atoms. The molecule has 4 nitrogen and oxygen atoms in total. The summed E-state index contributed by atoms with van der Waals surface area (Å²) in [6.07, 6.45) is 1.77. The lowest BCUT2D eigenvalue weighted by Gasteiger charge is -2.22.